The Morgan fingerprint density at radius 3 is 1.08 bits per heavy atom. The van der Waals surface area contributed by atoms with Gasteiger partial charge in [-0.15, -0.1) is 0 Å². The molecule has 2 saturated carbocycles. The lowest BCUT2D eigenvalue weighted by atomic mass is 9.53. The fraction of sp³-hybridized carbons (Fsp3) is 1.00. The van der Waals surface area contributed by atoms with Crippen molar-refractivity contribution in [2.75, 3.05) is 13.2 Å². The smallest absolute Gasteiger partial charge is 0.0604 e. The number of aliphatic hydroxyl groups is 6. The van der Waals surface area contributed by atoms with Gasteiger partial charge in [0.2, 0.25) is 0 Å². The van der Waals surface area contributed by atoms with E-state index in [0.29, 0.717) is 25.7 Å². The van der Waals surface area contributed by atoms with Crippen molar-refractivity contribution in [2.24, 2.45) is 28.1 Å². The van der Waals surface area contributed by atoms with Crippen LogP contribution in [-0.2, 0) is 0 Å². The van der Waals surface area contributed by atoms with E-state index in [1.165, 1.54) is 0 Å². The second-order valence-corrected chi connectivity index (χ2v) is 9.93. The molecule has 0 aliphatic heterocycles. The molecule has 148 valence electrons. The molecule has 0 radical (unpaired) electrons. The predicted octanol–water partition coefficient (Wildman–Crippen LogP) is 0.273. The minimum atomic E-state index is -0.798. The highest BCUT2D eigenvalue weighted by molar-refractivity contribution is 5.06. The maximum atomic E-state index is 10.7. The maximum absolute atomic E-state index is 10.7. The molecule has 2 aliphatic carbocycles. The molecule has 6 nitrogen and oxygen atoms in total. The molecule has 2 rings (SSSR count). The Balaban J connectivity index is 2.20. The fourth-order valence-electron chi connectivity index (χ4n) is 5.59. The molecule has 4 atom stereocenters. The zero-order valence-corrected chi connectivity index (χ0v) is 15.9. The second-order valence-electron chi connectivity index (χ2n) is 9.93. The predicted molar refractivity (Wildman–Crippen MR) is 93.6 cm³/mol. The molecule has 25 heavy (non-hydrogen) atoms. The van der Waals surface area contributed by atoms with Crippen LogP contribution in [0.2, 0.25) is 0 Å². The quantitative estimate of drug-likeness (QED) is 0.428. The molecule has 0 amide bonds. The minimum absolute atomic E-state index is 0.128. The van der Waals surface area contributed by atoms with E-state index in [0.717, 1.165) is 0 Å². The molecular formula is C19H36O6. The summed E-state index contributed by atoms with van der Waals surface area (Å²) >= 11 is 0. The Morgan fingerprint density at radius 1 is 0.640 bits per heavy atom. The van der Waals surface area contributed by atoms with Crippen molar-refractivity contribution in [1.29, 1.82) is 0 Å². The Bertz CT molecular complexity index is 393. The summed E-state index contributed by atoms with van der Waals surface area (Å²) < 4.78 is 0. The van der Waals surface area contributed by atoms with Gasteiger partial charge in [-0.1, -0.05) is 27.7 Å². The first kappa shape index (κ1) is 21.1. The summed E-state index contributed by atoms with van der Waals surface area (Å²) in [6, 6.07) is 0. The van der Waals surface area contributed by atoms with Gasteiger partial charge in [-0.25, -0.2) is 0 Å². The molecule has 0 saturated heterocycles. The van der Waals surface area contributed by atoms with E-state index in [4.69, 9.17) is 0 Å². The normalized spacial score (nSPS) is 43.4. The Kier molecular flexibility index (Phi) is 5.95. The lowest BCUT2D eigenvalue weighted by Crippen LogP contribution is -2.58. The highest BCUT2D eigenvalue weighted by atomic mass is 16.3. The van der Waals surface area contributed by atoms with Crippen molar-refractivity contribution in [3.63, 3.8) is 0 Å². The number of hydrogen-bond donors (Lipinski definition) is 6. The molecule has 0 heterocycles. The number of hydrogen-bond acceptors (Lipinski definition) is 6. The molecule has 1 spiro atoms. The van der Waals surface area contributed by atoms with Crippen LogP contribution < -0.4 is 0 Å². The van der Waals surface area contributed by atoms with Gasteiger partial charge in [-0.2, -0.15) is 0 Å². The monoisotopic (exact) mass is 360 g/mol. The van der Waals surface area contributed by atoms with Crippen LogP contribution in [0.4, 0.5) is 0 Å². The van der Waals surface area contributed by atoms with Crippen LogP contribution in [0.15, 0.2) is 0 Å². The molecule has 2 aliphatic rings. The van der Waals surface area contributed by atoms with Gasteiger partial charge in [0.25, 0.3) is 0 Å². The summed E-state index contributed by atoms with van der Waals surface area (Å²) in [6.07, 6.45) is -1.64. The number of aliphatic hydroxyl groups excluding tert-OH is 6. The number of rotatable bonds is 4. The van der Waals surface area contributed by atoms with Gasteiger partial charge >= 0.3 is 0 Å². The van der Waals surface area contributed by atoms with Crippen molar-refractivity contribution in [1.82, 2.24) is 0 Å². The molecule has 6 N–H and O–H groups in total. The molecule has 0 aromatic heterocycles. The van der Waals surface area contributed by atoms with Crippen LogP contribution in [0.5, 0.6) is 0 Å². The first-order chi connectivity index (χ1) is 11.4. The third kappa shape index (κ3) is 3.89. The fourth-order valence-corrected chi connectivity index (χ4v) is 5.59. The van der Waals surface area contributed by atoms with Crippen LogP contribution in [0.1, 0.15) is 53.4 Å². The average Bonchev–Trinajstić information content (AvgIpc) is 2.44. The van der Waals surface area contributed by atoms with Gasteiger partial charge in [0.15, 0.2) is 0 Å². The zero-order chi connectivity index (χ0) is 19.2. The van der Waals surface area contributed by atoms with Gasteiger partial charge in [0, 0.05) is 25.0 Å². The van der Waals surface area contributed by atoms with Gasteiger partial charge < -0.3 is 30.6 Å². The van der Waals surface area contributed by atoms with Crippen LogP contribution in [-0.4, -0.2) is 68.3 Å². The highest BCUT2D eigenvalue weighted by Gasteiger charge is 2.56. The third-order valence-electron chi connectivity index (χ3n) is 6.85. The first-order valence-corrected chi connectivity index (χ1v) is 9.33. The van der Waals surface area contributed by atoms with E-state index in [9.17, 15) is 30.6 Å². The van der Waals surface area contributed by atoms with E-state index in [1.54, 1.807) is 0 Å². The van der Waals surface area contributed by atoms with Gasteiger partial charge in [-0.05, 0) is 41.9 Å². The van der Waals surface area contributed by atoms with Crippen LogP contribution >= 0.6 is 0 Å². The standard InChI is InChI=1S/C19H36O6/c1-17(2,9-20)15-11(22)5-19(6-12(15)23)7-13(24)16(14(25)8-19)18(3,4)10-21/h11-16,20-25H,5-10H2,1-4H3. The first-order valence-electron chi connectivity index (χ1n) is 9.33. The van der Waals surface area contributed by atoms with Gasteiger partial charge in [0.1, 0.15) is 0 Å². The molecule has 0 bridgehead atoms. The van der Waals surface area contributed by atoms with Crippen molar-refractivity contribution in [3.8, 4) is 0 Å². The van der Waals surface area contributed by atoms with Crippen LogP contribution in [0.3, 0.4) is 0 Å². The van der Waals surface area contributed by atoms with Gasteiger partial charge in [-0.3, -0.25) is 0 Å². The maximum Gasteiger partial charge on any atom is 0.0604 e. The molecule has 0 aromatic carbocycles. The summed E-state index contributed by atoms with van der Waals surface area (Å²) in [7, 11) is 0. The molecular weight excluding hydrogens is 324 g/mol. The summed E-state index contributed by atoms with van der Waals surface area (Å²) in [4.78, 5) is 0. The van der Waals surface area contributed by atoms with E-state index >= 15 is 0 Å². The second kappa shape index (κ2) is 7.06. The largest absolute Gasteiger partial charge is 0.396 e. The van der Waals surface area contributed by atoms with Crippen LogP contribution in [0.25, 0.3) is 0 Å². The Hall–Kier alpha value is -0.240. The summed E-state index contributed by atoms with van der Waals surface area (Å²) in [5.41, 5.74) is -1.73. The van der Waals surface area contributed by atoms with Crippen molar-refractivity contribution >= 4 is 0 Å². The Morgan fingerprint density at radius 2 is 0.880 bits per heavy atom. The molecule has 0 aromatic rings. The highest BCUT2D eigenvalue weighted by Crippen LogP contribution is 2.55. The molecule has 6 heteroatoms. The van der Waals surface area contributed by atoms with Crippen molar-refractivity contribution in [3.05, 3.63) is 0 Å². The van der Waals surface area contributed by atoms with E-state index in [1.807, 2.05) is 27.7 Å². The van der Waals surface area contributed by atoms with Crippen molar-refractivity contribution in [2.45, 2.75) is 77.8 Å². The summed E-state index contributed by atoms with van der Waals surface area (Å²) in [5, 5.41) is 62.0. The molecule has 4 unspecified atom stereocenters. The van der Waals surface area contributed by atoms with E-state index < -0.39 is 52.5 Å². The SMILES string of the molecule is CC(C)(CO)C1C(O)CC2(CC1O)CC(O)C(C(C)(C)CO)C(O)C2. The minimum Gasteiger partial charge on any atom is -0.396 e. The molecule has 2 fully saturated rings. The zero-order valence-electron chi connectivity index (χ0n) is 15.9. The van der Waals surface area contributed by atoms with E-state index in [2.05, 4.69) is 0 Å². The Labute approximate surface area is 150 Å². The van der Waals surface area contributed by atoms with Crippen LogP contribution in [0, 0.1) is 28.1 Å². The van der Waals surface area contributed by atoms with E-state index in [-0.39, 0.29) is 13.2 Å². The topological polar surface area (TPSA) is 121 Å². The summed E-state index contributed by atoms with van der Waals surface area (Å²) in [5.74, 6) is -0.881. The van der Waals surface area contributed by atoms with Gasteiger partial charge in [0.05, 0.1) is 24.4 Å². The third-order valence-corrected chi connectivity index (χ3v) is 6.85. The van der Waals surface area contributed by atoms with Crippen molar-refractivity contribution < 1.29 is 30.6 Å². The summed E-state index contributed by atoms with van der Waals surface area (Å²) in [6.45, 7) is 7.05. The lowest BCUT2D eigenvalue weighted by molar-refractivity contribution is -0.183. The average molecular weight is 360 g/mol. The lowest BCUT2D eigenvalue weighted by Gasteiger charge is -2.55.